The van der Waals surface area contributed by atoms with Crippen molar-refractivity contribution < 1.29 is 9.18 Å². The quantitative estimate of drug-likeness (QED) is 0.932. The number of halogens is 1. The standard InChI is InChI=1S/C16H21FN2OS/c1-2-14-16(20)19(13-7-4-8-21-10-13)15(18-14)11-5-3-6-12(17)9-11/h3,5-6,9,13-15,18H,2,4,7-8,10H2,1H3. The zero-order valence-corrected chi connectivity index (χ0v) is 13.0. The Bertz CT molecular complexity index is 519. The van der Waals surface area contributed by atoms with E-state index in [0.29, 0.717) is 0 Å². The van der Waals surface area contributed by atoms with Gasteiger partial charge in [-0.15, -0.1) is 0 Å². The molecule has 3 unspecified atom stereocenters. The lowest BCUT2D eigenvalue weighted by molar-refractivity contribution is -0.132. The van der Waals surface area contributed by atoms with Gasteiger partial charge in [-0.25, -0.2) is 4.39 Å². The summed E-state index contributed by atoms with van der Waals surface area (Å²) in [7, 11) is 0. The molecular weight excluding hydrogens is 287 g/mol. The highest BCUT2D eigenvalue weighted by Crippen LogP contribution is 2.33. The maximum atomic E-state index is 13.5. The monoisotopic (exact) mass is 308 g/mol. The molecule has 21 heavy (non-hydrogen) atoms. The highest BCUT2D eigenvalue weighted by molar-refractivity contribution is 7.99. The van der Waals surface area contributed by atoms with E-state index in [1.807, 2.05) is 29.7 Å². The molecule has 2 aliphatic rings. The van der Waals surface area contributed by atoms with Gasteiger partial charge < -0.3 is 4.90 Å². The molecule has 1 aromatic carbocycles. The molecule has 3 nitrogen and oxygen atoms in total. The van der Waals surface area contributed by atoms with E-state index in [1.54, 1.807) is 6.07 Å². The summed E-state index contributed by atoms with van der Waals surface area (Å²) in [5.74, 6) is 2.07. The third-order valence-electron chi connectivity index (χ3n) is 4.29. The third-order valence-corrected chi connectivity index (χ3v) is 5.49. The summed E-state index contributed by atoms with van der Waals surface area (Å²) in [6.07, 6.45) is 2.76. The van der Waals surface area contributed by atoms with Crippen molar-refractivity contribution in [3.63, 3.8) is 0 Å². The van der Waals surface area contributed by atoms with E-state index in [-0.39, 0.29) is 30.0 Å². The van der Waals surface area contributed by atoms with Gasteiger partial charge in [0.2, 0.25) is 5.91 Å². The molecule has 3 rings (SSSR count). The Labute approximate surface area is 129 Å². The number of hydrogen-bond donors (Lipinski definition) is 1. The SMILES string of the molecule is CCC1NC(c2cccc(F)c2)N(C2CCCSC2)C1=O. The molecule has 0 aliphatic carbocycles. The number of nitrogens with zero attached hydrogens (tertiary/aromatic N) is 1. The number of carbonyl (C=O) groups is 1. The first kappa shape index (κ1) is 14.9. The van der Waals surface area contributed by atoms with Crippen LogP contribution in [0.25, 0.3) is 0 Å². The minimum Gasteiger partial charge on any atom is -0.318 e. The van der Waals surface area contributed by atoms with Crippen LogP contribution in [-0.2, 0) is 4.79 Å². The fraction of sp³-hybridized carbons (Fsp3) is 0.562. The summed E-state index contributed by atoms with van der Waals surface area (Å²) < 4.78 is 13.5. The van der Waals surface area contributed by atoms with Crippen molar-refractivity contribution in [2.75, 3.05) is 11.5 Å². The van der Waals surface area contributed by atoms with Crippen molar-refractivity contribution in [1.29, 1.82) is 0 Å². The maximum absolute atomic E-state index is 13.5. The summed E-state index contributed by atoms with van der Waals surface area (Å²) in [6.45, 7) is 2.01. The number of rotatable bonds is 3. The highest BCUT2D eigenvalue weighted by Gasteiger charge is 2.42. The molecule has 0 radical (unpaired) electrons. The van der Waals surface area contributed by atoms with E-state index in [0.717, 1.165) is 30.6 Å². The molecule has 1 amide bonds. The number of benzene rings is 1. The van der Waals surface area contributed by atoms with Crippen LogP contribution >= 0.6 is 11.8 Å². The fourth-order valence-corrected chi connectivity index (χ4v) is 4.35. The molecule has 114 valence electrons. The van der Waals surface area contributed by atoms with Crippen molar-refractivity contribution >= 4 is 17.7 Å². The predicted octanol–water partition coefficient (Wildman–Crippen LogP) is 2.93. The van der Waals surface area contributed by atoms with E-state index in [2.05, 4.69) is 5.32 Å². The van der Waals surface area contributed by atoms with Gasteiger partial charge >= 0.3 is 0 Å². The molecule has 3 atom stereocenters. The molecule has 0 aromatic heterocycles. The minimum atomic E-state index is -0.250. The van der Waals surface area contributed by atoms with Crippen LogP contribution in [0.15, 0.2) is 24.3 Å². The lowest BCUT2D eigenvalue weighted by Crippen LogP contribution is -2.43. The second kappa shape index (κ2) is 6.36. The molecule has 2 fully saturated rings. The topological polar surface area (TPSA) is 32.3 Å². The smallest absolute Gasteiger partial charge is 0.241 e. The van der Waals surface area contributed by atoms with E-state index in [4.69, 9.17) is 0 Å². The molecule has 2 heterocycles. The predicted molar refractivity (Wildman–Crippen MR) is 83.5 cm³/mol. The molecule has 2 aliphatic heterocycles. The maximum Gasteiger partial charge on any atom is 0.241 e. The summed E-state index contributed by atoms with van der Waals surface area (Å²) in [6, 6.07) is 6.70. The van der Waals surface area contributed by atoms with Crippen LogP contribution < -0.4 is 5.32 Å². The number of nitrogens with one attached hydrogen (secondary N) is 1. The van der Waals surface area contributed by atoms with E-state index in [9.17, 15) is 9.18 Å². The Morgan fingerprint density at radius 3 is 3.00 bits per heavy atom. The number of hydrogen-bond acceptors (Lipinski definition) is 3. The summed E-state index contributed by atoms with van der Waals surface area (Å²) in [5.41, 5.74) is 0.842. The third kappa shape index (κ3) is 2.94. The summed E-state index contributed by atoms with van der Waals surface area (Å²) in [5, 5.41) is 3.38. The zero-order valence-electron chi connectivity index (χ0n) is 12.2. The lowest BCUT2D eigenvalue weighted by atomic mass is 10.1. The normalized spacial score (nSPS) is 29.9. The molecule has 0 bridgehead atoms. The van der Waals surface area contributed by atoms with Crippen LogP contribution in [0.3, 0.4) is 0 Å². The van der Waals surface area contributed by atoms with Gasteiger partial charge in [0.1, 0.15) is 12.0 Å². The van der Waals surface area contributed by atoms with Crippen molar-refractivity contribution in [2.45, 2.75) is 44.4 Å². The first-order valence-corrected chi connectivity index (χ1v) is 8.77. The van der Waals surface area contributed by atoms with Crippen LogP contribution in [0.2, 0.25) is 0 Å². The summed E-state index contributed by atoms with van der Waals surface area (Å²) >= 11 is 1.91. The Morgan fingerprint density at radius 2 is 2.33 bits per heavy atom. The van der Waals surface area contributed by atoms with Gasteiger partial charge in [-0.2, -0.15) is 11.8 Å². The van der Waals surface area contributed by atoms with Gasteiger partial charge in [0.15, 0.2) is 0 Å². The van der Waals surface area contributed by atoms with Crippen LogP contribution in [-0.4, -0.2) is 34.4 Å². The van der Waals surface area contributed by atoms with Crippen LogP contribution in [0.4, 0.5) is 4.39 Å². The number of amides is 1. The van der Waals surface area contributed by atoms with Crippen molar-refractivity contribution in [3.8, 4) is 0 Å². The molecule has 1 aromatic rings. The van der Waals surface area contributed by atoms with Crippen molar-refractivity contribution in [3.05, 3.63) is 35.6 Å². The molecule has 0 spiro atoms. The average molecular weight is 308 g/mol. The lowest BCUT2D eigenvalue weighted by Gasteiger charge is -2.35. The summed E-state index contributed by atoms with van der Waals surface area (Å²) in [4.78, 5) is 14.6. The van der Waals surface area contributed by atoms with Gasteiger partial charge in [-0.05, 0) is 42.7 Å². The Balaban J connectivity index is 1.90. The van der Waals surface area contributed by atoms with E-state index in [1.165, 1.54) is 17.9 Å². The first-order chi connectivity index (χ1) is 10.2. The van der Waals surface area contributed by atoms with Crippen LogP contribution in [0.5, 0.6) is 0 Å². The number of thioether (sulfide) groups is 1. The highest BCUT2D eigenvalue weighted by atomic mass is 32.2. The van der Waals surface area contributed by atoms with Crippen molar-refractivity contribution in [2.24, 2.45) is 0 Å². The van der Waals surface area contributed by atoms with Gasteiger partial charge in [0, 0.05) is 11.8 Å². The average Bonchev–Trinajstić information content (AvgIpc) is 2.85. The van der Waals surface area contributed by atoms with Crippen LogP contribution in [0, 0.1) is 5.82 Å². The van der Waals surface area contributed by atoms with Crippen LogP contribution in [0.1, 0.15) is 37.9 Å². The zero-order chi connectivity index (χ0) is 14.8. The van der Waals surface area contributed by atoms with E-state index < -0.39 is 0 Å². The Morgan fingerprint density at radius 1 is 1.48 bits per heavy atom. The number of carbonyl (C=O) groups excluding carboxylic acids is 1. The fourth-order valence-electron chi connectivity index (χ4n) is 3.21. The minimum absolute atomic E-state index is 0.148. The van der Waals surface area contributed by atoms with Gasteiger partial charge in [-0.1, -0.05) is 19.1 Å². The molecular formula is C16H21FN2OS. The van der Waals surface area contributed by atoms with Gasteiger partial charge in [-0.3, -0.25) is 10.1 Å². The van der Waals surface area contributed by atoms with Crippen molar-refractivity contribution in [1.82, 2.24) is 10.2 Å². The second-order valence-corrected chi connectivity index (χ2v) is 6.85. The molecule has 0 saturated carbocycles. The first-order valence-electron chi connectivity index (χ1n) is 7.62. The largest absolute Gasteiger partial charge is 0.318 e. The van der Waals surface area contributed by atoms with Gasteiger partial charge in [0.05, 0.1) is 6.04 Å². The Kier molecular flexibility index (Phi) is 4.50. The second-order valence-electron chi connectivity index (χ2n) is 5.70. The van der Waals surface area contributed by atoms with Gasteiger partial charge in [0.25, 0.3) is 0 Å². The molecule has 1 N–H and O–H groups in total. The van der Waals surface area contributed by atoms with E-state index >= 15 is 0 Å². The molecule has 2 saturated heterocycles. The Hall–Kier alpha value is -1.07. The molecule has 5 heteroatoms.